The number of methoxy groups -OCH3 is 1. The molecule has 5 aromatic heterocycles. The van der Waals surface area contributed by atoms with E-state index in [4.69, 9.17) is 14.5 Å². The van der Waals surface area contributed by atoms with Crippen molar-refractivity contribution in [2.45, 2.75) is 44.0 Å². The number of nitrogens with one attached hydrogen (secondary N) is 2. The third-order valence-corrected chi connectivity index (χ3v) is 9.03. The van der Waals surface area contributed by atoms with Gasteiger partial charge in [0, 0.05) is 50.4 Å². The monoisotopic (exact) mass is 599 g/mol. The van der Waals surface area contributed by atoms with Crippen molar-refractivity contribution in [3.63, 3.8) is 0 Å². The number of aryl methyl sites for hydroxylation is 3. The topological polar surface area (TPSA) is 139 Å². The summed E-state index contributed by atoms with van der Waals surface area (Å²) >= 11 is 0. The van der Waals surface area contributed by atoms with Crippen LogP contribution in [0.15, 0.2) is 41.6 Å². The lowest BCUT2D eigenvalue weighted by Crippen LogP contribution is -2.41. The van der Waals surface area contributed by atoms with E-state index in [0.717, 1.165) is 16.5 Å². The van der Waals surface area contributed by atoms with Crippen LogP contribution < -0.4 is 11.0 Å². The van der Waals surface area contributed by atoms with Crippen LogP contribution in [0.2, 0.25) is 0 Å². The van der Waals surface area contributed by atoms with Crippen molar-refractivity contribution in [2.75, 3.05) is 13.7 Å². The van der Waals surface area contributed by atoms with E-state index in [1.807, 2.05) is 29.1 Å². The molecule has 0 radical (unpaired) electrons. The largest absolute Gasteiger partial charge is 0.453 e. The van der Waals surface area contributed by atoms with Crippen molar-refractivity contribution >= 4 is 39.1 Å². The van der Waals surface area contributed by atoms with E-state index >= 15 is 4.39 Å². The Hall–Kier alpha value is -4.98. The van der Waals surface area contributed by atoms with E-state index in [2.05, 4.69) is 20.5 Å². The molecule has 3 atom stereocenters. The summed E-state index contributed by atoms with van der Waals surface area (Å²) in [6.07, 6.45) is 5.89. The van der Waals surface area contributed by atoms with Gasteiger partial charge in [-0.3, -0.25) is 18.5 Å². The Kier molecular flexibility index (Phi) is 5.92. The number of halogens is 1. The predicted molar refractivity (Wildman–Crippen MR) is 160 cm³/mol. The van der Waals surface area contributed by atoms with Gasteiger partial charge in [-0.2, -0.15) is 9.49 Å². The van der Waals surface area contributed by atoms with Gasteiger partial charge in [0.1, 0.15) is 5.65 Å². The predicted octanol–water partition coefficient (Wildman–Crippen LogP) is 3.62. The molecule has 6 aromatic rings. The summed E-state index contributed by atoms with van der Waals surface area (Å²) in [4.78, 5) is 34.4. The number of pyridine rings is 1. The highest BCUT2D eigenvalue weighted by Gasteiger charge is 2.39. The Balaban J connectivity index is 1.46. The zero-order chi connectivity index (χ0) is 30.3. The van der Waals surface area contributed by atoms with Crippen LogP contribution in [0.3, 0.4) is 0 Å². The first-order chi connectivity index (χ1) is 21.3. The fourth-order valence-corrected chi connectivity index (χ4v) is 7.04. The van der Waals surface area contributed by atoms with E-state index in [9.17, 15) is 9.59 Å². The maximum absolute atomic E-state index is 15.3. The molecule has 13 nitrogen and oxygen atoms in total. The molecule has 1 aromatic carbocycles. The molecule has 1 amide bonds. The van der Waals surface area contributed by atoms with E-state index in [-0.39, 0.29) is 23.9 Å². The second kappa shape index (κ2) is 9.77. The Morgan fingerprint density at radius 3 is 2.86 bits per heavy atom. The standard InChI is InChI=1S/C30H30FN9O4/c1-37-14-18(27(31)36-37)25-23-15-5-6-20-16(9-15)12-33-39(20)7-4-8-44-22-11-17(10-19(22)34-29(41)43-3)40-26-21(38(2)30(40)42)13-32-28(35-25)24(23)26/h5-6,9,12-14,17,19,22H,4,7-8,10-11H2,1-3H3,(H,32,35)(H,34,41)/t17-,19+,22-/m1/s1. The second-order valence-electron chi connectivity index (χ2n) is 11.6. The number of aromatic nitrogens is 8. The van der Waals surface area contributed by atoms with Gasteiger partial charge in [0.05, 0.1) is 64.8 Å². The van der Waals surface area contributed by atoms with Gasteiger partial charge in [0.15, 0.2) is 0 Å². The highest BCUT2D eigenvalue weighted by atomic mass is 19.1. The first-order valence-corrected chi connectivity index (χ1v) is 14.6. The summed E-state index contributed by atoms with van der Waals surface area (Å²) in [6, 6.07) is 5.38. The van der Waals surface area contributed by atoms with Crippen LogP contribution in [0.4, 0.5) is 9.18 Å². The lowest BCUT2D eigenvalue weighted by atomic mass is 9.98. The van der Waals surface area contributed by atoms with E-state index in [1.54, 1.807) is 35.6 Å². The minimum Gasteiger partial charge on any atom is -0.453 e. The molecule has 14 heteroatoms. The fourth-order valence-electron chi connectivity index (χ4n) is 7.04. The van der Waals surface area contributed by atoms with Gasteiger partial charge in [-0.1, -0.05) is 6.07 Å². The molecule has 9 rings (SSSR count). The Labute approximate surface area is 249 Å². The number of H-pyrrole nitrogens is 1. The van der Waals surface area contributed by atoms with Crippen LogP contribution in [-0.4, -0.2) is 70.6 Å². The van der Waals surface area contributed by atoms with Gasteiger partial charge in [0.2, 0.25) is 5.95 Å². The SMILES string of the molecule is COC(=O)N[C@H]1C[C@@H]2C[C@H]1OCCCn1ncc3cc(ccc31)-c1c(-c3cn(C)nc3F)[nH]c3ncc4c(c13)n2c(=O)n4C. The Morgan fingerprint density at radius 2 is 2.07 bits per heavy atom. The number of nitrogens with zero attached hydrogens (tertiary/aromatic N) is 7. The van der Waals surface area contributed by atoms with Crippen molar-refractivity contribution in [1.29, 1.82) is 0 Å². The van der Waals surface area contributed by atoms with Gasteiger partial charge < -0.3 is 19.8 Å². The number of hydrogen-bond donors (Lipinski definition) is 2. The lowest BCUT2D eigenvalue weighted by molar-refractivity contribution is 0.0346. The third-order valence-electron chi connectivity index (χ3n) is 9.03. The average molecular weight is 600 g/mol. The number of fused-ring (bicyclic) bond motifs is 4. The molecule has 1 fully saturated rings. The second-order valence-corrected chi connectivity index (χ2v) is 11.6. The molecule has 0 saturated heterocycles. The maximum atomic E-state index is 15.3. The van der Waals surface area contributed by atoms with Crippen molar-refractivity contribution in [2.24, 2.45) is 14.1 Å². The number of imidazole rings is 1. The van der Waals surface area contributed by atoms with Gasteiger partial charge in [-0.15, -0.1) is 5.10 Å². The summed E-state index contributed by atoms with van der Waals surface area (Å²) < 4.78 is 33.3. The van der Waals surface area contributed by atoms with Crippen molar-refractivity contribution in [3.8, 4) is 22.4 Å². The van der Waals surface area contributed by atoms with Gasteiger partial charge in [-0.25, -0.2) is 14.6 Å². The molecule has 3 aliphatic rings. The van der Waals surface area contributed by atoms with Crippen LogP contribution in [0.5, 0.6) is 0 Å². The van der Waals surface area contributed by atoms with Crippen LogP contribution in [-0.2, 0) is 30.1 Å². The zero-order valence-electron chi connectivity index (χ0n) is 24.4. The van der Waals surface area contributed by atoms with Gasteiger partial charge in [0.25, 0.3) is 0 Å². The minimum absolute atomic E-state index is 0.212. The molecule has 2 aliphatic heterocycles. The number of ether oxygens (including phenoxy) is 2. The first-order valence-electron chi connectivity index (χ1n) is 14.6. The van der Waals surface area contributed by atoms with Crippen LogP contribution >= 0.6 is 0 Å². The summed E-state index contributed by atoms with van der Waals surface area (Å²) in [6.45, 7) is 1.09. The van der Waals surface area contributed by atoms with Gasteiger partial charge >= 0.3 is 11.8 Å². The quantitative estimate of drug-likeness (QED) is 0.310. The molecule has 2 N–H and O–H groups in total. The number of amides is 1. The molecule has 6 bridgehead atoms. The zero-order valence-corrected chi connectivity index (χ0v) is 24.4. The minimum atomic E-state index is -0.620. The molecular weight excluding hydrogens is 569 g/mol. The molecule has 1 saturated carbocycles. The lowest BCUT2D eigenvalue weighted by Gasteiger charge is -2.20. The fraction of sp³-hybridized carbons (Fsp3) is 0.367. The molecule has 0 spiro atoms. The van der Waals surface area contributed by atoms with Crippen LogP contribution in [0, 0.1) is 5.95 Å². The number of benzene rings is 1. The van der Waals surface area contributed by atoms with Crippen molar-refractivity contribution in [3.05, 3.63) is 53.2 Å². The van der Waals surface area contributed by atoms with Crippen LogP contribution in [0.25, 0.3) is 55.4 Å². The summed E-state index contributed by atoms with van der Waals surface area (Å²) in [5, 5.41) is 13.1. The maximum Gasteiger partial charge on any atom is 0.407 e. The summed E-state index contributed by atoms with van der Waals surface area (Å²) in [5.74, 6) is -0.620. The Bertz CT molecular complexity index is 2170. The number of aromatic amines is 1. The highest BCUT2D eigenvalue weighted by molar-refractivity contribution is 6.14. The number of hydrogen-bond acceptors (Lipinski definition) is 7. The van der Waals surface area contributed by atoms with E-state index in [0.29, 0.717) is 71.3 Å². The summed E-state index contributed by atoms with van der Waals surface area (Å²) in [7, 11) is 4.71. The van der Waals surface area contributed by atoms with Crippen molar-refractivity contribution in [1.82, 2.24) is 44.0 Å². The molecule has 0 unspecified atom stereocenters. The normalized spacial score (nSPS) is 20.1. The molecule has 1 aliphatic carbocycles. The molecule has 226 valence electrons. The van der Waals surface area contributed by atoms with Crippen LogP contribution in [0.1, 0.15) is 25.3 Å². The summed E-state index contributed by atoms with van der Waals surface area (Å²) in [5.41, 5.74) is 4.91. The van der Waals surface area contributed by atoms with E-state index in [1.165, 1.54) is 11.8 Å². The number of carbonyl (C=O) groups excluding carboxylic acids is 1. The van der Waals surface area contributed by atoms with Gasteiger partial charge in [-0.05, 0) is 37.0 Å². The molecule has 44 heavy (non-hydrogen) atoms. The molecular formula is C30H30FN9O4. The average Bonchev–Trinajstić information content (AvgIpc) is 3.81. The van der Waals surface area contributed by atoms with Crippen molar-refractivity contribution < 1.29 is 18.7 Å². The first kappa shape index (κ1) is 26.6. The van der Waals surface area contributed by atoms with E-state index < -0.39 is 12.0 Å². The molecule has 7 heterocycles. The number of rotatable bonds is 2. The Morgan fingerprint density at radius 1 is 1.20 bits per heavy atom. The number of alkyl carbamates (subject to hydrolysis) is 1. The number of carbonyl (C=O) groups is 1. The highest BCUT2D eigenvalue weighted by Crippen LogP contribution is 2.44. The smallest absolute Gasteiger partial charge is 0.407 e. The third kappa shape index (κ3) is 3.90.